The summed E-state index contributed by atoms with van der Waals surface area (Å²) in [5, 5.41) is 10.8. The van der Waals surface area contributed by atoms with Crippen molar-refractivity contribution in [3.05, 3.63) is 38.9 Å². The third-order valence-corrected chi connectivity index (χ3v) is 3.63. The van der Waals surface area contributed by atoms with E-state index in [0.29, 0.717) is 23.9 Å². The van der Waals surface area contributed by atoms with E-state index in [1.165, 1.54) is 22.8 Å². The number of nitro groups is 1. The Hall–Kier alpha value is -2.44. The molecular formula is C13H12N2O5. The summed E-state index contributed by atoms with van der Waals surface area (Å²) in [6.45, 7) is 0. The fraction of sp³-hybridized carbons (Fsp3) is 0.385. The Morgan fingerprint density at radius 2 is 2.15 bits per heavy atom. The van der Waals surface area contributed by atoms with E-state index < -0.39 is 10.7 Å². The summed E-state index contributed by atoms with van der Waals surface area (Å²) in [4.78, 5) is 33.8. The van der Waals surface area contributed by atoms with Gasteiger partial charge in [-0.1, -0.05) is 0 Å². The molecule has 0 aliphatic heterocycles. The number of nitrogens with zero attached hydrogens (tertiary/aromatic N) is 2. The molecule has 0 N–H and O–H groups in total. The Labute approximate surface area is 112 Å². The zero-order chi connectivity index (χ0) is 14.3. The number of nitro benzene ring substituents is 1. The largest absolute Gasteiger partial charge is 0.420 e. The van der Waals surface area contributed by atoms with Crippen LogP contribution in [-0.2, 0) is 4.79 Å². The lowest BCUT2D eigenvalue weighted by atomic mass is 9.94. The lowest BCUT2D eigenvalue weighted by molar-refractivity contribution is -0.384. The molecule has 2 aromatic rings. The lowest BCUT2D eigenvalue weighted by Crippen LogP contribution is -2.25. The minimum absolute atomic E-state index is 0.103. The molecule has 0 radical (unpaired) electrons. The Morgan fingerprint density at radius 3 is 2.85 bits per heavy atom. The molecule has 1 aliphatic rings. The summed E-state index contributed by atoms with van der Waals surface area (Å²) in [7, 11) is 0. The third-order valence-electron chi connectivity index (χ3n) is 3.63. The number of oxazole rings is 1. The van der Waals surface area contributed by atoms with Crippen molar-refractivity contribution < 1.29 is 14.1 Å². The van der Waals surface area contributed by atoms with E-state index in [4.69, 9.17) is 4.42 Å². The van der Waals surface area contributed by atoms with E-state index in [1.807, 2.05) is 0 Å². The molecule has 0 saturated heterocycles. The SMILES string of the molecule is O=C1CCCC(n2c(=O)oc3ccc([N+](=O)[O-])cc32)C1. The molecule has 20 heavy (non-hydrogen) atoms. The average Bonchev–Trinajstić information content (AvgIpc) is 2.73. The molecule has 1 fully saturated rings. The van der Waals surface area contributed by atoms with Gasteiger partial charge in [0.25, 0.3) is 5.69 Å². The fourth-order valence-electron chi connectivity index (χ4n) is 2.70. The summed E-state index contributed by atoms with van der Waals surface area (Å²) >= 11 is 0. The van der Waals surface area contributed by atoms with Crippen LogP contribution >= 0.6 is 0 Å². The van der Waals surface area contributed by atoms with E-state index in [9.17, 15) is 19.7 Å². The van der Waals surface area contributed by atoms with Gasteiger partial charge in [0.1, 0.15) is 5.78 Å². The Balaban J connectivity index is 2.15. The van der Waals surface area contributed by atoms with E-state index in [2.05, 4.69) is 0 Å². The second-order valence-corrected chi connectivity index (χ2v) is 4.94. The molecule has 7 nitrogen and oxygen atoms in total. The van der Waals surface area contributed by atoms with Gasteiger partial charge in [0, 0.05) is 31.0 Å². The van der Waals surface area contributed by atoms with Crippen molar-refractivity contribution >= 4 is 22.6 Å². The number of carbonyl (C=O) groups excluding carboxylic acids is 1. The van der Waals surface area contributed by atoms with Crippen LogP contribution in [0.15, 0.2) is 27.4 Å². The number of fused-ring (bicyclic) bond motifs is 1. The summed E-state index contributed by atoms with van der Waals surface area (Å²) in [6, 6.07) is 3.75. The van der Waals surface area contributed by atoms with Crippen molar-refractivity contribution in [1.29, 1.82) is 0 Å². The van der Waals surface area contributed by atoms with Crippen LogP contribution in [0.4, 0.5) is 5.69 Å². The molecule has 1 aromatic carbocycles. The van der Waals surface area contributed by atoms with Gasteiger partial charge in [0.2, 0.25) is 0 Å². The molecule has 0 bridgehead atoms. The van der Waals surface area contributed by atoms with Crippen LogP contribution in [0.5, 0.6) is 0 Å². The first-order chi connectivity index (χ1) is 9.56. The van der Waals surface area contributed by atoms with E-state index in [-0.39, 0.29) is 23.9 Å². The van der Waals surface area contributed by atoms with Crippen molar-refractivity contribution in [2.24, 2.45) is 0 Å². The fourth-order valence-corrected chi connectivity index (χ4v) is 2.70. The Bertz CT molecular complexity index is 758. The van der Waals surface area contributed by atoms with Gasteiger partial charge >= 0.3 is 5.76 Å². The number of aromatic nitrogens is 1. The minimum atomic E-state index is -0.569. The van der Waals surface area contributed by atoms with Gasteiger partial charge < -0.3 is 4.42 Å². The van der Waals surface area contributed by atoms with Crippen LogP contribution in [0, 0.1) is 10.1 Å². The van der Waals surface area contributed by atoms with Crippen LogP contribution < -0.4 is 5.76 Å². The molecule has 0 spiro atoms. The molecule has 1 atom stereocenters. The zero-order valence-corrected chi connectivity index (χ0v) is 10.6. The smallest absolute Gasteiger partial charge is 0.408 e. The zero-order valence-electron chi connectivity index (χ0n) is 10.6. The standard InChI is InChI=1S/C13H12N2O5/c16-10-3-1-2-8(6-10)14-11-7-9(15(18)19)4-5-12(11)20-13(14)17/h4-5,7-8H,1-3,6H2. The van der Waals surface area contributed by atoms with Crippen molar-refractivity contribution in [2.45, 2.75) is 31.7 Å². The number of hydrogen-bond acceptors (Lipinski definition) is 5. The van der Waals surface area contributed by atoms with Gasteiger partial charge in [-0.05, 0) is 18.9 Å². The molecule has 1 aromatic heterocycles. The second kappa shape index (κ2) is 4.59. The summed E-state index contributed by atoms with van der Waals surface area (Å²) in [6.07, 6.45) is 2.22. The number of non-ortho nitro benzene ring substituents is 1. The van der Waals surface area contributed by atoms with Gasteiger partial charge in [0.05, 0.1) is 10.4 Å². The van der Waals surface area contributed by atoms with Crippen LogP contribution in [0.3, 0.4) is 0 Å². The van der Waals surface area contributed by atoms with Crippen molar-refractivity contribution in [2.75, 3.05) is 0 Å². The number of benzene rings is 1. The number of ketones is 1. The normalized spacial score (nSPS) is 19.4. The number of rotatable bonds is 2. The summed E-state index contributed by atoms with van der Waals surface area (Å²) in [5.74, 6) is -0.465. The molecule has 1 aliphatic carbocycles. The van der Waals surface area contributed by atoms with E-state index in [0.717, 1.165) is 6.42 Å². The minimum Gasteiger partial charge on any atom is -0.408 e. The van der Waals surface area contributed by atoms with E-state index in [1.54, 1.807) is 0 Å². The Morgan fingerprint density at radius 1 is 1.35 bits per heavy atom. The quantitative estimate of drug-likeness (QED) is 0.618. The first-order valence-corrected chi connectivity index (χ1v) is 6.37. The van der Waals surface area contributed by atoms with Gasteiger partial charge in [0.15, 0.2) is 5.58 Å². The number of Topliss-reactive ketones (excluding diaryl/α,β-unsaturated/α-hetero) is 1. The predicted octanol–water partition coefficient (Wildman–Crippen LogP) is 2.19. The van der Waals surface area contributed by atoms with Crippen LogP contribution in [-0.4, -0.2) is 15.3 Å². The first-order valence-electron chi connectivity index (χ1n) is 6.37. The maximum atomic E-state index is 11.9. The highest BCUT2D eigenvalue weighted by Gasteiger charge is 2.25. The van der Waals surface area contributed by atoms with E-state index >= 15 is 0 Å². The van der Waals surface area contributed by atoms with Gasteiger partial charge in [-0.15, -0.1) is 0 Å². The second-order valence-electron chi connectivity index (χ2n) is 4.94. The van der Waals surface area contributed by atoms with Crippen LogP contribution in [0.1, 0.15) is 31.7 Å². The first kappa shape index (κ1) is 12.6. The van der Waals surface area contributed by atoms with Gasteiger partial charge in [-0.2, -0.15) is 0 Å². The highest BCUT2D eigenvalue weighted by Crippen LogP contribution is 2.29. The molecule has 7 heteroatoms. The lowest BCUT2D eigenvalue weighted by Gasteiger charge is -2.21. The highest BCUT2D eigenvalue weighted by molar-refractivity contribution is 5.80. The number of carbonyl (C=O) groups is 1. The highest BCUT2D eigenvalue weighted by atomic mass is 16.6. The maximum Gasteiger partial charge on any atom is 0.420 e. The maximum absolute atomic E-state index is 11.9. The van der Waals surface area contributed by atoms with Gasteiger partial charge in [-0.3, -0.25) is 19.5 Å². The summed E-state index contributed by atoms with van der Waals surface area (Å²) in [5.41, 5.74) is 0.580. The van der Waals surface area contributed by atoms with Crippen molar-refractivity contribution in [1.82, 2.24) is 4.57 Å². The molecule has 0 amide bonds. The topological polar surface area (TPSA) is 95.3 Å². The molecule has 104 valence electrons. The van der Waals surface area contributed by atoms with Gasteiger partial charge in [-0.25, -0.2) is 4.79 Å². The van der Waals surface area contributed by atoms with Crippen LogP contribution in [0.25, 0.3) is 11.1 Å². The molecule has 1 heterocycles. The van der Waals surface area contributed by atoms with Crippen molar-refractivity contribution in [3.8, 4) is 0 Å². The molecular weight excluding hydrogens is 264 g/mol. The molecule has 3 rings (SSSR count). The van der Waals surface area contributed by atoms with Crippen LogP contribution in [0.2, 0.25) is 0 Å². The monoisotopic (exact) mass is 276 g/mol. The Kier molecular flexibility index (Phi) is 2.89. The number of hydrogen-bond donors (Lipinski definition) is 0. The summed E-state index contributed by atoms with van der Waals surface area (Å²) < 4.78 is 6.47. The average molecular weight is 276 g/mol. The molecule has 1 unspecified atom stereocenters. The van der Waals surface area contributed by atoms with Crippen molar-refractivity contribution in [3.63, 3.8) is 0 Å². The third kappa shape index (κ3) is 2.01. The predicted molar refractivity (Wildman–Crippen MR) is 69.6 cm³/mol. The molecule has 1 saturated carbocycles.